The Morgan fingerprint density at radius 1 is 1.30 bits per heavy atom. The number of rotatable bonds is 4. The first kappa shape index (κ1) is 14.3. The molecule has 0 fully saturated rings. The van der Waals surface area contributed by atoms with E-state index in [1.165, 1.54) is 25.3 Å². The smallest absolute Gasteiger partial charge is 0.167 e. The second kappa shape index (κ2) is 5.92. The zero-order valence-corrected chi connectivity index (χ0v) is 11.6. The maximum atomic E-state index is 13.5. The first-order valence-electron chi connectivity index (χ1n) is 5.92. The largest absolute Gasteiger partial charge is 0.494 e. The van der Waals surface area contributed by atoms with Gasteiger partial charge in [-0.2, -0.15) is 0 Å². The molecule has 0 saturated carbocycles. The van der Waals surface area contributed by atoms with Crippen LogP contribution >= 0.6 is 11.6 Å². The van der Waals surface area contributed by atoms with Crippen molar-refractivity contribution in [3.63, 3.8) is 0 Å². The number of ether oxygens (including phenoxy) is 1. The van der Waals surface area contributed by atoms with E-state index >= 15 is 0 Å². The number of anilines is 1. The van der Waals surface area contributed by atoms with Crippen LogP contribution in [0.2, 0.25) is 5.02 Å². The van der Waals surface area contributed by atoms with Crippen LogP contribution in [-0.2, 0) is 6.42 Å². The predicted octanol–water partition coefficient (Wildman–Crippen LogP) is 3.50. The van der Waals surface area contributed by atoms with E-state index in [-0.39, 0.29) is 18.0 Å². The van der Waals surface area contributed by atoms with Gasteiger partial charge in [-0.25, -0.2) is 4.39 Å². The van der Waals surface area contributed by atoms with Gasteiger partial charge in [0, 0.05) is 12.0 Å². The lowest BCUT2D eigenvalue weighted by Crippen LogP contribution is -2.04. The van der Waals surface area contributed by atoms with Crippen molar-refractivity contribution in [2.24, 2.45) is 0 Å². The van der Waals surface area contributed by atoms with Gasteiger partial charge in [-0.1, -0.05) is 17.7 Å². The first-order valence-corrected chi connectivity index (χ1v) is 6.29. The van der Waals surface area contributed by atoms with Crippen molar-refractivity contribution in [3.05, 3.63) is 58.4 Å². The summed E-state index contributed by atoms with van der Waals surface area (Å²) in [6.07, 6.45) is 0.0845. The van der Waals surface area contributed by atoms with E-state index in [1.54, 1.807) is 18.2 Å². The third-order valence-corrected chi connectivity index (χ3v) is 3.23. The molecule has 0 aliphatic carbocycles. The molecule has 3 nitrogen and oxygen atoms in total. The summed E-state index contributed by atoms with van der Waals surface area (Å²) in [7, 11) is 1.39. The highest BCUT2D eigenvalue weighted by atomic mass is 35.5. The quantitative estimate of drug-likeness (QED) is 0.693. The molecule has 20 heavy (non-hydrogen) atoms. The topological polar surface area (TPSA) is 52.3 Å². The van der Waals surface area contributed by atoms with E-state index in [9.17, 15) is 9.18 Å². The third-order valence-electron chi connectivity index (χ3n) is 2.90. The van der Waals surface area contributed by atoms with Crippen LogP contribution in [0.25, 0.3) is 0 Å². The van der Waals surface area contributed by atoms with Gasteiger partial charge in [0.2, 0.25) is 0 Å². The average molecular weight is 294 g/mol. The summed E-state index contributed by atoms with van der Waals surface area (Å²) in [6.45, 7) is 0. The molecular formula is C15H13ClFNO2. The molecule has 5 heteroatoms. The Balaban J connectivity index is 2.19. The number of hydrogen-bond acceptors (Lipinski definition) is 3. The number of carbonyl (C=O) groups excluding carboxylic acids is 1. The minimum absolute atomic E-state index is 0.0845. The second-order valence-electron chi connectivity index (χ2n) is 4.31. The van der Waals surface area contributed by atoms with Crippen molar-refractivity contribution >= 4 is 23.1 Å². The Morgan fingerprint density at radius 3 is 2.65 bits per heavy atom. The average Bonchev–Trinajstić information content (AvgIpc) is 2.42. The van der Waals surface area contributed by atoms with Gasteiger partial charge in [-0.15, -0.1) is 0 Å². The van der Waals surface area contributed by atoms with Crippen molar-refractivity contribution in [1.29, 1.82) is 0 Å². The standard InChI is InChI=1S/C15H13ClFNO2/c1-20-15-5-2-9(6-12(15)17)7-14(19)10-3-4-13(18)11(16)8-10/h2-6,8H,7,18H2,1H3. The van der Waals surface area contributed by atoms with E-state index in [1.807, 2.05) is 0 Å². The molecule has 0 amide bonds. The van der Waals surface area contributed by atoms with Crippen molar-refractivity contribution in [2.75, 3.05) is 12.8 Å². The van der Waals surface area contributed by atoms with Crippen LogP contribution in [-0.4, -0.2) is 12.9 Å². The minimum atomic E-state index is -0.492. The summed E-state index contributed by atoms with van der Waals surface area (Å²) >= 11 is 5.87. The minimum Gasteiger partial charge on any atom is -0.494 e. The van der Waals surface area contributed by atoms with E-state index in [2.05, 4.69) is 0 Å². The van der Waals surface area contributed by atoms with Crippen LogP contribution in [0.4, 0.5) is 10.1 Å². The van der Waals surface area contributed by atoms with E-state index in [0.717, 1.165) is 0 Å². The molecule has 0 saturated heterocycles. The summed E-state index contributed by atoms with van der Waals surface area (Å²) < 4.78 is 18.4. The number of nitrogens with two attached hydrogens (primary N) is 1. The lowest BCUT2D eigenvalue weighted by molar-refractivity contribution is 0.0993. The molecule has 104 valence electrons. The maximum absolute atomic E-state index is 13.5. The number of benzene rings is 2. The van der Waals surface area contributed by atoms with Gasteiger partial charge in [-0.3, -0.25) is 4.79 Å². The number of methoxy groups -OCH3 is 1. The predicted molar refractivity (Wildman–Crippen MR) is 76.9 cm³/mol. The van der Waals surface area contributed by atoms with E-state index < -0.39 is 5.82 Å². The van der Waals surface area contributed by atoms with Crippen molar-refractivity contribution in [1.82, 2.24) is 0 Å². The number of halogens is 2. The van der Waals surface area contributed by atoms with Gasteiger partial charge in [-0.05, 0) is 35.9 Å². The molecule has 2 aromatic rings. The summed E-state index contributed by atoms with van der Waals surface area (Å²) in [5, 5.41) is 0.330. The summed E-state index contributed by atoms with van der Waals surface area (Å²) in [6, 6.07) is 9.12. The SMILES string of the molecule is COc1ccc(CC(=O)c2ccc(N)c(Cl)c2)cc1F. The molecule has 0 heterocycles. The Labute approximate surface area is 121 Å². The fourth-order valence-corrected chi connectivity index (χ4v) is 1.99. The lowest BCUT2D eigenvalue weighted by atomic mass is 10.0. The molecule has 0 aliphatic heterocycles. The zero-order valence-electron chi connectivity index (χ0n) is 10.8. The Bertz CT molecular complexity index is 658. The zero-order chi connectivity index (χ0) is 14.7. The Hall–Kier alpha value is -2.07. The van der Waals surface area contributed by atoms with Crippen LogP contribution in [0.3, 0.4) is 0 Å². The van der Waals surface area contributed by atoms with Gasteiger partial charge in [0.15, 0.2) is 17.3 Å². The molecular weight excluding hydrogens is 281 g/mol. The monoisotopic (exact) mass is 293 g/mol. The van der Waals surface area contributed by atoms with E-state index in [0.29, 0.717) is 21.8 Å². The van der Waals surface area contributed by atoms with Gasteiger partial charge >= 0.3 is 0 Å². The van der Waals surface area contributed by atoms with Gasteiger partial charge in [0.1, 0.15) is 0 Å². The summed E-state index contributed by atoms with van der Waals surface area (Å²) in [5.41, 5.74) is 7.02. The first-order chi connectivity index (χ1) is 9.51. The highest BCUT2D eigenvalue weighted by Crippen LogP contribution is 2.22. The maximum Gasteiger partial charge on any atom is 0.167 e. The summed E-state index contributed by atoms with van der Waals surface area (Å²) in [4.78, 5) is 12.1. The van der Waals surface area contributed by atoms with Crippen LogP contribution in [0.5, 0.6) is 5.75 Å². The molecule has 0 atom stereocenters. The van der Waals surface area contributed by atoms with Crippen molar-refractivity contribution in [3.8, 4) is 5.75 Å². The van der Waals surface area contributed by atoms with Crippen LogP contribution in [0, 0.1) is 5.82 Å². The van der Waals surface area contributed by atoms with Gasteiger partial charge in [0.05, 0.1) is 17.8 Å². The lowest BCUT2D eigenvalue weighted by Gasteiger charge is -2.06. The number of ketones is 1. The molecule has 0 radical (unpaired) electrons. The third kappa shape index (κ3) is 3.08. The number of carbonyl (C=O) groups is 1. The number of nitrogen functional groups attached to an aromatic ring is 1. The van der Waals surface area contributed by atoms with Gasteiger partial charge < -0.3 is 10.5 Å². The normalized spacial score (nSPS) is 10.3. The molecule has 0 spiro atoms. The molecule has 0 aromatic heterocycles. The molecule has 2 aromatic carbocycles. The Kier molecular flexibility index (Phi) is 4.25. The molecule has 0 aliphatic rings. The second-order valence-corrected chi connectivity index (χ2v) is 4.71. The molecule has 0 bridgehead atoms. The highest BCUT2D eigenvalue weighted by Gasteiger charge is 2.11. The van der Waals surface area contributed by atoms with Gasteiger partial charge in [0.25, 0.3) is 0 Å². The fourth-order valence-electron chi connectivity index (χ4n) is 1.81. The molecule has 2 rings (SSSR count). The van der Waals surface area contributed by atoms with Crippen LogP contribution in [0.15, 0.2) is 36.4 Å². The molecule has 0 unspecified atom stereocenters. The highest BCUT2D eigenvalue weighted by molar-refractivity contribution is 6.33. The van der Waals surface area contributed by atoms with E-state index in [4.69, 9.17) is 22.1 Å². The van der Waals surface area contributed by atoms with Crippen molar-refractivity contribution in [2.45, 2.75) is 6.42 Å². The van der Waals surface area contributed by atoms with Crippen LogP contribution in [0.1, 0.15) is 15.9 Å². The van der Waals surface area contributed by atoms with Crippen LogP contribution < -0.4 is 10.5 Å². The fraction of sp³-hybridized carbons (Fsp3) is 0.133. The van der Waals surface area contributed by atoms with Crippen molar-refractivity contribution < 1.29 is 13.9 Å². The number of hydrogen-bond donors (Lipinski definition) is 1. The molecule has 2 N–H and O–H groups in total. The summed E-state index contributed by atoms with van der Waals surface area (Å²) in [5.74, 6) is -0.499. The number of Topliss-reactive ketones (excluding diaryl/α,β-unsaturated/α-hetero) is 1. The Morgan fingerprint density at radius 2 is 2.05 bits per heavy atom.